The Morgan fingerprint density at radius 2 is 1.70 bits per heavy atom. The van der Waals surface area contributed by atoms with Crippen LogP contribution in [-0.2, 0) is 20.9 Å². The highest BCUT2D eigenvalue weighted by atomic mass is 32.1. The number of aromatic nitrogens is 1. The Labute approximate surface area is 257 Å². The number of benzene rings is 3. The molecule has 0 radical (unpaired) electrons. The normalized spacial score (nSPS) is 15.8. The van der Waals surface area contributed by atoms with E-state index in [1.165, 1.54) is 12.1 Å². The van der Waals surface area contributed by atoms with Crippen LogP contribution in [0.1, 0.15) is 51.9 Å². The number of esters is 1. The monoisotopic (exact) mass is 616 g/mol. The molecular formula is C33H29FN2O7S. The fourth-order valence-corrected chi connectivity index (χ4v) is 5.78. The second-order valence-corrected chi connectivity index (χ2v) is 10.7. The van der Waals surface area contributed by atoms with Crippen molar-refractivity contribution in [2.75, 3.05) is 18.1 Å². The Hall–Kier alpha value is -5.03. The van der Waals surface area contributed by atoms with Gasteiger partial charge in [0, 0.05) is 5.56 Å². The summed E-state index contributed by atoms with van der Waals surface area (Å²) in [6.07, 6.45) is 0. The Bertz CT molecular complexity index is 1730. The summed E-state index contributed by atoms with van der Waals surface area (Å²) >= 11 is 0.901. The van der Waals surface area contributed by atoms with E-state index in [0.29, 0.717) is 29.4 Å². The predicted octanol–water partition coefficient (Wildman–Crippen LogP) is 6.37. The molecule has 2 heterocycles. The summed E-state index contributed by atoms with van der Waals surface area (Å²) in [4.78, 5) is 45.5. The molecule has 1 saturated heterocycles. The number of hydrogen-bond donors (Lipinski definition) is 1. The van der Waals surface area contributed by atoms with E-state index in [0.717, 1.165) is 33.9 Å². The van der Waals surface area contributed by atoms with Crippen molar-refractivity contribution in [2.24, 2.45) is 0 Å². The molecule has 1 aliphatic rings. The first-order chi connectivity index (χ1) is 21.2. The third-order valence-electron chi connectivity index (χ3n) is 6.83. The van der Waals surface area contributed by atoms with Crippen LogP contribution in [-0.4, -0.2) is 41.0 Å². The number of amides is 1. The summed E-state index contributed by atoms with van der Waals surface area (Å²) in [6.45, 7) is 5.80. The van der Waals surface area contributed by atoms with Gasteiger partial charge in [-0.25, -0.2) is 14.2 Å². The maximum Gasteiger partial charge on any atom is 0.350 e. The molecule has 0 aliphatic carbocycles. The molecule has 44 heavy (non-hydrogen) atoms. The largest absolute Gasteiger partial charge is 0.507 e. The van der Waals surface area contributed by atoms with Crippen LogP contribution in [0.15, 0.2) is 78.4 Å². The highest BCUT2D eigenvalue weighted by Gasteiger charge is 2.48. The molecule has 1 aliphatic heterocycles. The van der Waals surface area contributed by atoms with Gasteiger partial charge in [-0.3, -0.25) is 14.5 Å². The highest BCUT2D eigenvalue weighted by molar-refractivity contribution is 7.17. The van der Waals surface area contributed by atoms with E-state index in [4.69, 9.17) is 14.2 Å². The van der Waals surface area contributed by atoms with Gasteiger partial charge in [0.1, 0.15) is 23.1 Å². The molecule has 4 aromatic rings. The first kappa shape index (κ1) is 30.4. The second kappa shape index (κ2) is 13.1. The number of carbonyl (C=O) groups excluding carboxylic acids is 3. The number of ether oxygens (including phenoxy) is 3. The number of aryl methyl sites for hydroxylation is 1. The lowest BCUT2D eigenvalue weighted by Gasteiger charge is -2.24. The summed E-state index contributed by atoms with van der Waals surface area (Å²) in [7, 11) is 0. The molecule has 0 saturated carbocycles. The van der Waals surface area contributed by atoms with E-state index in [1.54, 1.807) is 32.0 Å². The smallest absolute Gasteiger partial charge is 0.350 e. The van der Waals surface area contributed by atoms with Crippen molar-refractivity contribution in [1.82, 2.24) is 4.98 Å². The van der Waals surface area contributed by atoms with Gasteiger partial charge in [-0.05, 0) is 68.3 Å². The topological polar surface area (TPSA) is 115 Å². The first-order valence-electron chi connectivity index (χ1n) is 13.9. The van der Waals surface area contributed by atoms with Crippen molar-refractivity contribution in [3.05, 3.63) is 111 Å². The number of carbonyl (C=O) groups is 3. The minimum Gasteiger partial charge on any atom is -0.507 e. The molecule has 1 unspecified atom stereocenters. The number of hydrogen-bond acceptors (Lipinski definition) is 9. The molecule has 11 heteroatoms. The number of anilines is 1. The lowest BCUT2D eigenvalue weighted by atomic mass is 9.95. The van der Waals surface area contributed by atoms with Crippen molar-refractivity contribution in [3.8, 4) is 11.5 Å². The molecule has 9 nitrogen and oxygen atoms in total. The SMILES string of the molecule is CCOC(=O)c1sc(N2C(=O)C(=O)/C(=C(/O)c3ccc(F)cc3)C2c2ccc(OCc3ccccc3)c(OCC)c2)nc1C. The molecule has 1 N–H and O–H groups in total. The van der Waals surface area contributed by atoms with Crippen LogP contribution >= 0.6 is 11.3 Å². The van der Waals surface area contributed by atoms with Gasteiger partial charge in [0.25, 0.3) is 5.78 Å². The van der Waals surface area contributed by atoms with Gasteiger partial charge in [0.05, 0.1) is 30.5 Å². The Morgan fingerprint density at radius 3 is 2.39 bits per heavy atom. The average Bonchev–Trinajstić information content (AvgIpc) is 3.53. The maximum absolute atomic E-state index is 13.7. The number of thiazole rings is 1. The molecular weight excluding hydrogens is 587 g/mol. The van der Waals surface area contributed by atoms with Gasteiger partial charge < -0.3 is 19.3 Å². The Balaban J connectivity index is 1.64. The van der Waals surface area contributed by atoms with Crippen molar-refractivity contribution < 1.29 is 38.1 Å². The fourth-order valence-electron chi connectivity index (χ4n) is 4.80. The van der Waals surface area contributed by atoms with Gasteiger partial charge in [0.15, 0.2) is 16.6 Å². The number of aliphatic hydroxyl groups is 1. The quantitative estimate of drug-likeness (QED) is 0.0946. The molecule has 1 atom stereocenters. The molecule has 5 rings (SSSR count). The Morgan fingerprint density at radius 1 is 0.977 bits per heavy atom. The zero-order valence-electron chi connectivity index (χ0n) is 24.2. The first-order valence-corrected chi connectivity index (χ1v) is 14.7. The van der Waals surface area contributed by atoms with E-state index in [9.17, 15) is 23.9 Å². The van der Waals surface area contributed by atoms with Gasteiger partial charge in [-0.2, -0.15) is 0 Å². The van der Waals surface area contributed by atoms with Crippen LogP contribution in [0, 0.1) is 12.7 Å². The lowest BCUT2D eigenvalue weighted by molar-refractivity contribution is -0.132. The van der Waals surface area contributed by atoms with Crippen molar-refractivity contribution in [3.63, 3.8) is 0 Å². The van der Waals surface area contributed by atoms with Crippen molar-refractivity contribution in [1.29, 1.82) is 0 Å². The highest BCUT2D eigenvalue weighted by Crippen LogP contribution is 2.45. The third-order valence-corrected chi connectivity index (χ3v) is 7.97. The van der Waals surface area contributed by atoms with E-state index in [1.807, 2.05) is 37.3 Å². The summed E-state index contributed by atoms with van der Waals surface area (Å²) in [6, 6.07) is 18.3. The molecule has 0 spiro atoms. The number of ketones is 1. The lowest BCUT2D eigenvalue weighted by Crippen LogP contribution is -2.29. The van der Waals surface area contributed by atoms with Crippen molar-refractivity contribution in [2.45, 2.75) is 33.4 Å². The molecule has 1 amide bonds. The summed E-state index contributed by atoms with van der Waals surface area (Å²) in [5.74, 6) is -2.75. The second-order valence-electron chi connectivity index (χ2n) is 9.72. The summed E-state index contributed by atoms with van der Waals surface area (Å²) in [5, 5.41) is 11.4. The van der Waals surface area contributed by atoms with Gasteiger partial charge in [-0.15, -0.1) is 0 Å². The fraction of sp³-hybridized carbons (Fsp3) is 0.212. The van der Waals surface area contributed by atoms with Crippen LogP contribution in [0.25, 0.3) is 5.76 Å². The van der Waals surface area contributed by atoms with E-state index < -0.39 is 35.3 Å². The minimum absolute atomic E-state index is 0.0678. The Kier molecular flexibility index (Phi) is 9.05. The van der Waals surface area contributed by atoms with Crippen LogP contribution in [0.3, 0.4) is 0 Å². The van der Waals surface area contributed by atoms with Gasteiger partial charge in [-0.1, -0.05) is 47.7 Å². The van der Waals surface area contributed by atoms with Crippen LogP contribution in [0.5, 0.6) is 11.5 Å². The number of aliphatic hydroxyl groups excluding tert-OH is 1. The molecule has 1 fully saturated rings. The van der Waals surface area contributed by atoms with E-state index in [2.05, 4.69) is 4.98 Å². The number of Topliss-reactive ketones (excluding diaryl/α,β-unsaturated/α-hetero) is 1. The molecule has 1 aromatic heterocycles. The zero-order valence-corrected chi connectivity index (χ0v) is 25.0. The average molecular weight is 617 g/mol. The molecule has 3 aromatic carbocycles. The standard InChI is InChI=1S/C33H29FN2O7S/c1-4-41-25-17-22(13-16-24(25)43-18-20-9-7-6-8-10-20)27-26(28(37)21-11-14-23(34)15-12-21)29(38)31(39)36(27)33-35-19(3)30(44-33)32(40)42-5-2/h6-17,27,37H,4-5,18H2,1-3H3/b28-26+. The van der Waals surface area contributed by atoms with E-state index >= 15 is 0 Å². The predicted molar refractivity (Wildman–Crippen MR) is 162 cm³/mol. The summed E-state index contributed by atoms with van der Waals surface area (Å²) < 4.78 is 30.7. The van der Waals surface area contributed by atoms with Crippen LogP contribution in [0.2, 0.25) is 0 Å². The minimum atomic E-state index is -1.16. The third kappa shape index (κ3) is 6.04. The van der Waals surface area contributed by atoms with Crippen LogP contribution < -0.4 is 14.4 Å². The number of halogens is 1. The summed E-state index contributed by atoms with van der Waals surface area (Å²) in [5.41, 5.74) is 1.59. The van der Waals surface area contributed by atoms with Gasteiger partial charge in [0.2, 0.25) is 0 Å². The van der Waals surface area contributed by atoms with Gasteiger partial charge >= 0.3 is 11.9 Å². The van der Waals surface area contributed by atoms with Crippen molar-refractivity contribution >= 4 is 39.9 Å². The number of rotatable bonds is 10. The maximum atomic E-state index is 13.7. The van der Waals surface area contributed by atoms with Crippen LogP contribution in [0.4, 0.5) is 9.52 Å². The molecule has 226 valence electrons. The van der Waals surface area contributed by atoms with E-state index in [-0.39, 0.29) is 34.4 Å². The zero-order chi connectivity index (χ0) is 31.4. The number of nitrogens with zero attached hydrogens (tertiary/aromatic N) is 2. The molecule has 0 bridgehead atoms.